The fraction of sp³-hybridized carbons (Fsp3) is 0.333. The van der Waals surface area contributed by atoms with Gasteiger partial charge < -0.3 is 14.6 Å². The zero-order chi connectivity index (χ0) is 16.8. The standard InChI is InChI=1S/C18H21NO4/c1-4-23-16-11-14(5-6-15(16)22-3)17(12(2)18(20)21)13-7-9-19-10-8-13/h5-12,17H,4H2,1-3H3,(H,20,21). The lowest BCUT2D eigenvalue weighted by Gasteiger charge is -2.23. The molecule has 0 fully saturated rings. The van der Waals surface area contributed by atoms with Gasteiger partial charge >= 0.3 is 5.97 Å². The largest absolute Gasteiger partial charge is 0.493 e. The molecular formula is C18H21NO4. The van der Waals surface area contributed by atoms with Gasteiger partial charge in [-0.05, 0) is 42.3 Å². The topological polar surface area (TPSA) is 68.7 Å². The van der Waals surface area contributed by atoms with Gasteiger partial charge in [-0.25, -0.2) is 0 Å². The number of benzene rings is 1. The molecule has 5 heteroatoms. The number of rotatable bonds is 7. The van der Waals surface area contributed by atoms with Crippen LogP contribution in [0.4, 0.5) is 0 Å². The third kappa shape index (κ3) is 3.80. The maximum absolute atomic E-state index is 11.5. The highest BCUT2D eigenvalue weighted by atomic mass is 16.5. The van der Waals surface area contributed by atoms with Crippen molar-refractivity contribution in [2.75, 3.05) is 13.7 Å². The van der Waals surface area contributed by atoms with Gasteiger partial charge in [0.15, 0.2) is 11.5 Å². The summed E-state index contributed by atoms with van der Waals surface area (Å²) in [5, 5.41) is 9.48. The van der Waals surface area contributed by atoms with E-state index in [-0.39, 0.29) is 5.92 Å². The maximum atomic E-state index is 11.5. The maximum Gasteiger partial charge on any atom is 0.307 e. The molecule has 1 aromatic carbocycles. The molecule has 1 N–H and O–H groups in total. The zero-order valence-electron chi connectivity index (χ0n) is 13.5. The molecule has 0 aliphatic rings. The summed E-state index contributed by atoms with van der Waals surface area (Å²) in [6.07, 6.45) is 3.34. The lowest BCUT2D eigenvalue weighted by atomic mass is 9.82. The van der Waals surface area contributed by atoms with E-state index >= 15 is 0 Å². The number of carbonyl (C=O) groups is 1. The van der Waals surface area contributed by atoms with E-state index in [1.807, 2.05) is 37.3 Å². The van der Waals surface area contributed by atoms with Gasteiger partial charge in [-0.3, -0.25) is 9.78 Å². The summed E-state index contributed by atoms with van der Waals surface area (Å²) < 4.78 is 10.9. The van der Waals surface area contributed by atoms with Crippen LogP contribution in [-0.2, 0) is 4.79 Å². The molecule has 1 heterocycles. The predicted octanol–water partition coefficient (Wildman–Crippen LogP) is 3.34. The van der Waals surface area contributed by atoms with Crippen LogP contribution in [-0.4, -0.2) is 29.8 Å². The Kier molecular flexibility index (Phi) is 5.57. The molecule has 1 aromatic heterocycles. The van der Waals surface area contributed by atoms with Crippen molar-refractivity contribution in [3.05, 3.63) is 53.9 Å². The van der Waals surface area contributed by atoms with Crippen LogP contribution in [0.15, 0.2) is 42.7 Å². The van der Waals surface area contributed by atoms with Gasteiger partial charge in [0, 0.05) is 18.3 Å². The van der Waals surface area contributed by atoms with E-state index in [2.05, 4.69) is 4.98 Å². The molecule has 122 valence electrons. The minimum atomic E-state index is -0.847. The Morgan fingerprint density at radius 1 is 1.17 bits per heavy atom. The molecule has 0 saturated carbocycles. The van der Waals surface area contributed by atoms with Gasteiger partial charge in [0.2, 0.25) is 0 Å². The van der Waals surface area contributed by atoms with Crippen molar-refractivity contribution in [2.45, 2.75) is 19.8 Å². The van der Waals surface area contributed by atoms with E-state index in [4.69, 9.17) is 9.47 Å². The van der Waals surface area contributed by atoms with E-state index in [9.17, 15) is 9.90 Å². The number of carboxylic acid groups (broad SMARTS) is 1. The molecule has 2 atom stereocenters. The van der Waals surface area contributed by atoms with Crippen LogP contribution in [0.2, 0.25) is 0 Å². The van der Waals surface area contributed by atoms with Gasteiger partial charge in [0.1, 0.15) is 0 Å². The number of aliphatic carboxylic acids is 1. The number of hydrogen-bond donors (Lipinski definition) is 1. The van der Waals surface area contributed by atoms with Crippen LogP contribution in [0.25, 0.3) is 0 Å². The number of nitrogens with zero attached hydrogens (tertiary/aromatic N) is 1. The van der Waals surface area contributed by atoms with Crippen molar-refractivity contribution in [3.8, 4) is 11.5 Å². The van der Waals surface area contributed by atoms with Crippen molar-refractivity contribution < 1.29 is 19.4 Å². The third-order valence-corrected chi connectivity index (χ3v) is 3.80. The SMILES string of the molecule is CCOc1cc(C(c2ccncc2)C(C)C(=O)O)ccc1OC. The Morgan fingerprint density at radius 2 is 1.87 bits per heavy atom. The minimum absolute atomic E-state index is 0.291. The molecule has 5 nitrogen and oxygen atoms in total. The van der Waals surface area contributed by atoms with Crippen molar-refractivity contribution in [3.63, 3.8) is 0 Å². The first-order valence-electron chi connectivity index (χ1n) is 7.52. The summed E-state index contributed by atoms with van der Waals surface area (Å²) in [5.74, 6) is -0.474. The monoisotopic (exact) mass is 315 g/mol. The van der Waals surface area contributed by atoms with Crippen molar-refractivity contribution in [1.29, 1.82) is 0 Å². The summed E-state index contributed by atoms with van der Waals surface area (Å²) >= 11 is 0. The van der Waals surface area contributed by atoms with Crippen LogP contribution in [0.5, 0.6) is 11.5 Å². The summed E-state index contributed by atoms with van der Waals surface area (Å²) in [6.45, 7) is 4.11. The van der Waals surface area contributed by atoms with E-state index in [1.54, 1.807) is 26.4 Å². The summed E-state index contributed by atoms with van der Waals surface area (Å²) in [6, 6.07) is 9.23. The number of methoxy groups -OCH3 is 1. The van der Waals surface area contributed by atoms with E-state index in [0.717, 1.165) is 11.1 Å². The van der Waals surface area contributed by atoms with Gasteiger partial charge in [-0.2, -0.15) is 0 Å². The predicted molar refractivity (Wildman–Crippen MR) is 87.0 cm³/mol. The molecule has 0 aliphatic carbocycles. The van der Waals surface area contributed by atoms with Gasteiger partial charge in [0.05, 0.1) is 19.6 Å². The number of carboxylic acids is 1. The highest BCUT2D eigenvalue weighted by Gasteiger charge is 2.27. The number of aromatic nitrogens is 1. The van der Waals surface area contributed by atoms with Crippen LogP contribution in [0.3, 0.4) is 0 Å². The highest BCUT2D eigenvalue weighted by Crippen LogP contribution is 2.37. The molecule has 0 saturated heterocycles. The average molecular weight is 315 g/mol. The number of ether oxygens (including phenoxy) is 2. The second-order valence-corrected chi connectivity index (χ2v) is 5.23. The fourth-order valence-corrected chi connectivity index (χ4v) is 2.64. The molecule has 23 heavy (non-hydrogen) atoms. The van der Waals surface area contributed by atoms with Crippen LogP contribution >= 0.6 is 0 Å². The molecule has 2 rings (SSSR count). The Morgan fingerprint density at radius 3 is 2.43 bits per heavy atom. The van der Waals surface area contributed by atoms with Crippen molar-refractivity contribution in [1.82, 2.24) is 4.98 Å². The first-order chi connectivity index (χ1) is 11.1. The van der Waals surface area contributed by atoms with E-state index in [1.165, 1.54) is 0 Å². The van der Waals surface area contributed by atoms with Gasteiger partial charge in [0.25, 0.3) is 0 Å². The molecule has 2 unspecified atom stereocenters. The second-order valence-electron chi connectivity index (χ2n) is 5.23. The molecule has 2 aromatic rings. The minimum Gasteiger partial charge on any atom is -0.493 e. The van der Waals surface area contributed by atoms with Gasteiger partial charge in [-0.15, -0.1) is 0 Å². The quantitative estimate of drug-likeness (QED) is 0.848. The van der Waals surface area contributed by atoms with Crippen LogP contribution in [0.1, 0.15) is 30.9 Å². The normalized spacial score (nSPS) is 13.2. The Bertz CT molecular complexity index is 657. The third-order valence-electron chi connectivity index (χ3n) is 3.80. The number of pyridine rings is 1. The number of hydrogen-bond acceptors (Lipinski definition) is 4. The van der Waals surface area contributed by atoms with Crippen molar-refractivity contribution in [2.24, 2.45) is 5.92 Å². The summed E-state index contributed by atoms with van der Waals surface area (Å²) in [5.41, 5.74) is 1.78. The van der Waals surface area contributed by atoms with E-state index < -0.39 is 11.9 Å². The molecule has 0 aliphatic heterocycles. The lowest BCUT2D eigenvalue weighted by Crippen LogP contribution is -2.20. The summed E-state index contributed by atoms with van der Waals surface area (Å²) in [4.78, 5) is 15.6. The van der Waals surface area contributed by atoms with Crippen LogP contribution in [0, 0.1) is 5.92 Å². The highest BCUT2D eigenvalue weighted by molar-refractivity contribution is 5.72. The van der Waals surface area contributed by atoms with Crippen molar-refractivity contribution >= 4 is 5.97 Å². The van der Waals surface area contributed by atoms with Gasteiger partial charge in [-0.1, -0.05) is 13.0 Å². The Labute approximate surface area is 135 Å². The summed E-state index contributed by atoms with van der Waals surface area (Å²) in [7, 11) is 1.58. The second kappa shape index (κ2) is 7.63. The first-order valence-corrected chi connectivity index (χ1v) is 7.52. The molecular weight excluding hydrogens is 294 g/mol. The molecule has 0 spiro atoms. The van der Waals surface area contributed by atoms with E-state index in [0.29, 0.717) is 18.1 Å². The molecule has 0 amide bonds. The Hall–Kier alpha value is -2.56. The fourth-order valence-electron chi connectivity index (χ4n) is 2.64. The Balaban J connectivity index is 2.51. The zero-order valence-corrected chi connectivity index (χ0v) is 13.5. The lowest BCUT2D eigenvalue weighted by molar-refractivity contribution is -0.141. The average Bonchev–Trinajstić information content (AvgIpc) is 2.56. The molecule has 0 radical (unpaired) electrons. The smallest absolute Gasteiger partial charge is 0.307 e. The first kappa shape index (κ1) is 16.8. The van der Waals surface area contributed by atoms with Crippen LogP contribution < -0.4 is 9.47 Å². The molecule has 0 bridgehead atoms.